The summed E-state index contributed by atoms with van der Waals surface area (Å²) in [6, 6.07) is 14.0. The lowest BCUT2D eigenvalue weighted by molar-refractivity contribution is -0.118. The van der Waals surface area contributed by atoms with Crippen molar-refractivity contribution in [3.63, 3.8) is 0 Å². The molecule has 2 aromatic carbocycles. The predicted octanol–water partition coefficient (Wildman–Crippen LogP) is 4.29. The predicted molar refractivity (Wildman–Crippen MR) is 128 cm³/mol. The average Bonchev–Trinajstić information content (AvgIpc) is 3.17. The molecule has 0 atom stereocenters. The van der Waals surface area contributed by atoms with Crippen LogP contribution in [0.4, 0.5) is 5.13 Å². The average molecular weight is 461 g/mol. The van der Waals surface area contributed by atoms with E-state index in [9.17, 15) is 4.79 Å². The molecule has 3 aromatic rings. The molecule has 5 nitrogen and oxygen atoms in total. The first-order valence-corrected chi connectivity index (χ1v) is 12.2. The third-order valence-electron chi connectivity index (χ3n) is 5.11. The maximum Gasteiger partial charge on any atom is 0.230 e. The van der Waals surface area contributed by atoms with Crippen molar-refractivity contribution >= 4 is 56.0 Å². The quantitative estimate of drug-likeness (QED) is 0.533. The molecule has 0 unspecified atom stereocenters. The van der Waals surface area contributed by atoms with Crippen LogP contribution in [-0.4, -0.2) is 60.8 Å². The second-order valence-electron chi connectivity index (χ2n) is 7.39. The fraction of sp³-hybridized carbons (Fsp3) is 0.364. The molecule has 8 heteroatoms. The van der Waals surface area contributed by atoms with Crippen LogP contribution in [0, 0.1) is 6.92 Å². The summed E-state index contributed by atoms with van der Waals surface area (Å²) >= 11 is 9.19. The number of piperazine rings is 1. The molecular formula is C22H25ClN4OS2. The highest BCUT2D eigenvalue weighted by Crippen LogP contribution is 2.30. The van der Waals surface area contributed by atoms with E-state index in [1.165, 1.54) is 22.0 Å². The highest BCUT2D eigenvalue weighted by atomic mass is 35.5. The molecule has 0 aliphatic carbocycles. The van der Waals surface area contributed by atoms with E-state index >= 15 is 0 Å². The molecule has 2 heterocycles. The maximum absolute atomic E-state index is 12.1. The number of anilines is 1. The molecular weight excluding hydrogens is 436 g/mol. The van der Waals surface area contributed by atoms with Gasteiger partial charge in [-0.05, 0) is 48.9 Å². The third kappa shape index (κ3) is 5.66. The zero-order valence-electron chi connectivity index (χ0n) is 16.9. The summed E-state index contributed by atoms with van der Waals surface area (Å²) in [5, 5.41) is 4.85. The SMILES string of the molecule is Cc1ccc2nc(N3CCN(CCNC(=O)CSc4ccc(Cl)cc4)CC3)sc2c1. The third-order valence-corrected chi connectivity index (χ3v) is 7.45. The van der Waals surface area contributed by atoms with E-state index in [-0.39, 0.29) is 5.91 Å². The Morgan fingerprint density at radius 3 is 2.70 bits per heavy atom. The Hall–Kier alpha value is -1.80. The zero-order chi connectivity index (χ0) is 20.9. The highest BCUT2D eigenvalue weighted by Gasteiger charge is 2.19. The van der Waals surface area contributed by atoms with Crippen molar-refractivity contribution in [3.05, 3.63) is 53.1 Å². The largest absolute Gasteiger partial charge is 0.354 e. The first kappa shape index (κ1) is 21.4. The van der Waals surface area contributed by atoms with Crippen LogP contribution in [0.2, 0.25) is 5.02 Å². The maximum atomic E-state index is 12.1. The molecule has 1 fully saturated rings. The van der Waals surface area contributed by atoms with E-state index < -0.39 is 0 Å². The standard InChI is InChI=1S/C22H25ClN4OS2/c1-16-2-7-19-20(14-16)30-22(25-19)27-12-10-26(11-13-27)9-8-24-21(28)15-29-18-5-3-17(23)4-6-18/h2-7,14H,8-13,15H2,1H3,(H,24,28). The van der Waals surface area contributed by atoms with Gasteiger partial charge in [-0.3, -0.25) is 9.69 Å². The summed E-state index contributed by atoms with van der Waals surface area (Å²) < 4.78 is 1.26. The molecule has 1 aliphatic heterocycles. The summed E-state index contributed by atoms with van der Waals surface area (Å²) in [5.41, 5.74) is 2.36. The van der Waals surface area contributed by atoms with E-state index in [2.05, 4.69) is 40.2 Å². The second kappa shape index (κ2) is 10.0. The van der Waals surface area contributed by atoms with Gasteiger partial charge in [-0.2, -0.15) is 0 Å². The van der Waals surface area contributed by atoms with Crippen LogP contribution in [0.25, 0.3) is 10.2 Å². The lowest BCUT2D eigenvalue weighted by Gasteiger charge is -2.34. The molecule has 0 spiro atoms. The van der Waals surface area contributed by atoms with Crippen LogP contribution < -0.4 is 10.2 Å². The molecule has 158 valence electrons. The highest BCUT2D eigenvalue weighted by molar-refractivity contribution is 8.00. The second-order valence-corrected chi connectivity index (χ2v) is 9.88. The van der Waals surface area contributed by atoms with E-state index in [1.807, 2.05) is 24.3 Å². The number of carbonyl (C=O) groups excluding carboxylic acids is 1. The van der Waals surface area contributed by atoms with Crippen LogP contribution in [0.5, 0.6) is 0 Å². The lowest BCUT2D eigenvalue weighted by atomic mass is 10.2. The van der Waals surface area contributed by atoms with Crippen molar-refractivity contribution in [2.24, 2.45) is 0 Å². The van der Waals surface area contributed by atoms with Gasteiger partial charge in [-0.15, -0.1) is 11.8 Å². The van der Waals surface area contributed by atoms with Gasteiger partial charge in [-0.25, -0.2) is 4.98 Å². The topological polar surface area (TPSA) is 48.5 Å². The van der Waals surface area contributed by atoms with Crippen molar-refractivity contribution < 1.29 is 4.79 Å². The molecule has 0 radical (unpaired) electrons. The number of nitrogens with one attached hydrogen (secondary N) is 1. The fourth-order valence-electron chi connectivity index (χ4n) is 3.40. The molecule has 4 rings (SSSR count). The van der Waals surface area contributed by atoms with Crippen molar-refractivity contribution in [2.45, 2.75) is 11.8 Å². The molecule has 0 bridgehead atoms. The van der Waals surface area contributed by atoms with Gasteiger partial charge in [0, 0.05) is 49.2 Å². The molecule has 1 amide bonds. The number of aryl methyl sites for hydroxylation is 1. The number of fused-ring (bicyclic) bond motifs is 1. The van der Waals surface area contributed by atoms with Crippen molar-refractivity contribution in [3.8, 4) is 0 Å². The Morgan fingerprint density at radius 1 is 1.17 bits per heavy atom. The van der Waals surface area contributed by atoms with E-state index in [1.54, 1.807) is 11.3 Å². The number of rotatable bonds is 7. The molecule has 1 aliphatic rings. The van der Waals surface area contributed by atoms with Gasteiger partial charge in [0.2, 0.25) is 5.91 Å². The van der Waals surface area contributed by atoms with Gasteiger partial charge in [0.05, 0.1) is 16.0 Å². The van der Waals surface area contributed by atoms with Gasteiger partial charge in [0.1, 0.15) is 0 Å². The van der Waals surface area contributed by atoms with E-state index in [4.69, 9.17) is 16.6 Å². The Balaban J connectivity index is 1.16. The fourth-order valence-corrected chi connectivity index (χ4v) is 5.37. The minimum Gasteiger partial charge on any atom is -0.354 e. The number of aromatic nitrogens is 1. The number of nitrogens with zero attached hydrogens (tertiary/aromatic N) is 3. The first-order chi connectivity index (χ1) is 14.6. The summed E-state index contributed by atoms with van der Waals surface area (Å²) in [6.45, 7) is 7.60. The molecule has 1 aromatic heterocycles. The van der Waals surface area contributed by atoms with Gasteiger partial charge in [0.15, 0.2) is 5.13 Å². The minimum absolute atomic E-state index is 0.0679. The Morgan fingerprint density at radius 2 is 1.93 bits per heavy atom. The number of thioether (sulfide) groups is 1. The number of thiazole rings is 1. The summed E-state index contributed by atoms with van der Waals surface area (Å²) in [5.74, 6) is 0.491. The number of hydrogen-bond acceptors (Lipinski definition) is 6. The van der Waals surface area contributed by atoms with Crippen LogP contribution in [0.3, 0.4) is 0 Å². The van der Waals surface area contributed by atoms with Crippen molar-refractivity contribution in [1.82, 2.24) is 15.2 Å². The van der Waals surface area contributed by atoms with Crippen LogP contribution in [0.1, 0.15) is 5.56 Å². The van der Waals surface area contributed by atoms with Gasteiger partial charge in [0.25, 0.3) is 0 Å². The van der Waals surface area contributed by atoms with Crippen molar-refractivity contribution in [1.29, 1.82) is 0 Å². The Kier molecular flexibility index (Phi) is 7.15. The number of hydrogen-bond donors (Lipinski definition) is 1. The van der Waals surface area contributed by atoms with Crippen molar-refractivity contribution in [2.75, 3.05) is 49.9 Å². The number of carbonyl (C=O) groups is 1. The monoisotopic (exact) mass is 460 g/mol. The smallest absolute Gasteiger partial charge is 0.230 e. The molecule has 1 saturated heterocycles. The lowest BCUT2D eigenvalue weighted by Crippen LogP contribution is -2.48. The van der Waals surface area contributed by atoms with Gasteiger partial charge >= 0.3 is 0 Å². The Labute approximate surface area is 190 Å². The minimum atomic E-state index is 0.0679. The van der Waals surface area contributed by atoms with E-state index in [0.29, 0.717) is 17.3 Å². The van der Waals surface area contributed by atoms with Crippen LogP contribution >= 0.6 is 34.7 Å². The molecule has 0 saturated carbocycles. The van der Waals surface area contributed by atoms with Gasteiger partial charge < -0.3 is 10.2 Å². The Bertz CT molecular complexity index is 1000. The molecule has 30 heavy (non-hydrogen) atoms. The zero-order valence-corrected chi connectivity index (χ0v) is 19.3. The van der Waals surface area contributed by atoms with Crippen LogP contribution in [-0.2, 0) is 4.79 Å². The van der Waals surface area contributed by atoms with E-state index in [0.717, 1.165) is 48.3 Å². The summed E-state index contributed by atoms with van der Waals surface area (Å²) in [4.78, 5) is 22.7. The number of amides is 1. The normalized spacial score (nSPS) is 14.9. The first-order valence-electron chi connectivity index (χ1n) is 10.1. The van der Waals surface area contributed by atoms with Gasteiger partial charge in [-0.1, -0.05) is 29.0 Å². The summed E-state index contributed by atoms with van der Waals surface area (Å²) in [6.07, 6.45) is 0. The molecule has 1 N–H and O–H groups in total. The number of halogens is 1. The number of benzene rings is 2. The summed E-state index contributed by atoms with van der Waals surface area (Å²) in [7, 11) is 0. The van der Waals surface area contributed by atoms with Crippen LogP contribution in [0.15, 0.2) is 47.4 Å².